The van der Waals surface area contributed by atoms with Crippen molar-refractivity contribution in [2.75, 3.05) is 26.2 Å². The minimum Gasteiger partial charge on any atom is -0.334 e. The molecule has 1 heterocycles. The van der Waals surface area contributed by atoms with E-state index in [1.54, 1.807) is 4.90 Å². The molecule has 0 radical (unpaired) electrons. The zero-order chi connectivity index (χ0) is 10.3. The van der Waals surface area contributed by atoms with Gasteiger partial charge in [0.25, 0.3) is 0 Å². The van der Waals surface area contributed by atoms with Gasteiger partial charge >= 0.3 is 0 Å². The highest BCUT2D eigenvalue weighted by atomic mass is 16.1. The van der Waals surface area contributed by atoms with Crippen LogP contribution in [-0.2, 0) is 4.79 Å². The van der Waals surface area contributed by atoms with E-state index < -0.39 is 0 Å². The Kier molecular flexibility index (Phi) is 2.43. The fourth-order valence-electron chi connectivity index (χ4n) is 4.03. The van der Waals surface area contributed by atoms with Crippen LogP contribution in [-0.4, -0.2) is 43.5 Å². The van der Waals surface area contributed by atoms with Gasteiger partial charge in [-0.3, -0.25) is 4.79 Å². The second-order valence-corrected chi connectivity index (χ2v) is 5.58. The maximum atomic E-state index is 10.6. The average Bonchev–Trinajstić information content (AvgIpc) is 2.91. The standard InChI is InChI=1S/C12H20N2O/c15-9-13-3-5-14(6-4-13)12-8-10-1-2-11(12)7-10/h9-12H,1-8H2/p+1/t10-,11+,12-/m0/s1. The van der Waals surface area contributed by atoms with Crippen molar-refractivity contribution in [3.05, 3.63) is 0 Å². The summed E-state index contributed by atoms with van der Waals surface area (Å²) >= 11 is 0. The van der Waals surface area contributed by atoms with E-state index in [4.69, 9.17) is 0 Å². The number of piperazine rings is 1. The topological polar surface area (TPSA) is 24.8 Å². The minimum absolute atomic E-state index is 0.942. The molecule has 2 saturated carbocycles. The Morgan fingerprint density at radius 3 is 2.47 bits per heavy atom. The van der Waals surface area contributed by atoms with Crippen LogP contribution < -0.4 is 4.90 Å². The Morgan fingerprint density at radius 1 is 1.13 bits per heavy atom. The first kappa shape index (κ1) is 9.64. The van der Waals surface area contributed by atoms with Crippen molar-refractivity contribution in [2.45, 2.75) is 31.7 Å². The summed E-state index contributed by atoms with van der Waals surface area (Å²) in [5.74, 6) is 2.07. The Morgan fingerprint density at radius 2 is 1.93 bits per heavy atom. The van der Waals surface area contributed by atoms with E-state index in [-0.39, 0.29) is 0 Å². The smallest absolute Gasteiger partial charge is 0.210 e. The molecule has 3 rings (SSSR count). The van der Waals surface area contributed by atoms with Crippen LogP contribution >= 0.6 is 0 Å². The van der Waals surface area contributed by atoms with Crippen molar-refractivity contribution in [2.24, 2.45) is 11.8 Å². The third-order valence-electron chi connectivity index (χ3n) is 4.85. The molecule has 1 aliphatic heterocycles. The minimum atomic E-state index is 0.942. The number of nitrogens with one attached hydrogen (secondary N) is 1. The Balaban J connectivity index is 1.58. The fourth-order valence-corrected chi connectivity index (χ4v) is 4.03. The maximum Gasteiger partial charge on any atom is 0.210 e. The number of carbonyl (C=O) groups is 1. The highest BCUT2D eigenvalue weighted by molar-refractivity contribution is 5.46. The number of nitrogens with zero attached hydrogens (tertiary/aromatic N) is 1. The van der Waals surface area contributed by atoms with Crippen molar-refractivity contribution < 1.29 is 9.69 Å². The number of quaternary nitrogens is 1. The molecule has 3 atom stereocenters. The highest BCUT2D eigenvalue weighted by Crippen LogP contribution is 2.43. The van der Waals surface area contributed by atoms with Gasteiger partial charge in [-0.1, -0.05) is 0 Å². The van der Waals surface area contributed by atoms with Gasteiger partial charge in [0, 0.05) is 12.3 Å². The van der Waals surface area contributed by atoms with Crippen LogP contribution in [0.2, 0.25) is 0 Å². The molecule has 0 unspecified atom stereocenters. The lowest BCUT2D eigenvalue weighted by Crippen LogP contribution is -3.18. The van der Waals surface area contributed by atoms with E-state index in [1.165, 1.54) is 38.8 Å². The Labute approximate surface area is 91.4 Å². The van der Waals surface area contributed by atoms with Crippen LogP contribution in [0.5, 0.6) is 0 Å². The van der Waals surface area contributed by atoms with Crippen molar-refractivity contribution in [1.29, 1.82) is 0 Å². The Hall–Kier alpha value is -0.570. The average molecular weight is 209 g/mol. The first-order valence-electron chi connectivity index (χ1n) is 6.40. The zero-order valence-corrected chi connectivity index (χ0v) is 9.32. The molecule has 0 spiro atoms. The van der Waals surface area contributed by atoms with Crippen LogP contribution in [0.4, 0.5) is 0 Å². The molecular weight excluding hydrogens is 188 g/mol. The molecule has 2 aliphatic carbocycles. The summed E-state index contributed by atoms with van der Waals surface area (Å²) in [6, 6.07) is 0.942. The monoisotopic (exact) mass is 209 g/mol. The molecule has 1 saturated heterocycles. The van der Waals surface area contributed by atoms with Gasteiger partial charge < -0.3 is 9.80 Å². The zero-order valence-electron chi connectivity index (χ0n) is 9.32. The van der Waals surface area contributed by atoms with E-state index in [2.05, 4.69) is 0 Å². The quantitative estimate of drug-likeness (QED) is 0.611. The first-order chi connectivity index (χ1) is 7.36. The lowest BCUT2D eigenvalue weighted by molar-refractivity contribution is -0.932. The van der Waals surface area contributed by atoms with Crippen molar-refractivity contribution >= 4 is 6.41 Å². The molecule has 0 aromatic heterocycles. The number of amides is 1. The van der Waals surface area contributed by atoms with E-state index in [0.29, 0.717) is 0 Å². The lowest BCUT2D eigenvalue weighted by atomic mass is 9.93. The van der Waals surface area contributed by atoms with Crippen LogP contribution in [0.1, 0.15) is 25.7 Å². The summed E-state index contributed by atoms with van der Waals surface area (Å²) in [6.45, 7) is 4.33. The predicted molar refractivity (Wildman–Crippen MR) is 57.6 cm³/mol. The van der Waals surface area contributed by atoms with Gasteiger partial charge in [0.05, 0.1) is 32.2 Å². The van der Waals surface area contributed by atoms with Crippen LogP contribution in [0, 0.1) is 11.8 Å². The van der Waals surface area contributed by atoms with Crippen LogP contribution in [0.25, 0.3) is 0 Å². The largest absolute Gasteiger partial charge is 0.334 e. The van der Waals surface area contributed by atoms with E-state index in [0.717, 1.165) is 37.4 Å². The molecule has 0 aromatic carbocycles. The first-order valence-corrected chi connectivity index (χ1v) is 6.40. The number of rotatable bonds is 2. The normalized spacial score (nSPS) is 41.1. The molecule has 84 valence electrons. The number of hydrogen-bond acceptors (Lipinski definition) is 1. The molecule has 1 amide bonds. The molecule has 15 heavy (non-hydrogen) atoms. The number of fused-ring (bicyclic) bond motifs is 2. The second-order valence-electron chi connectivity index (χ2n) is 5.58. The molecule has 3 aliphatic rings. The van der Waals surface area contributed by atoms with Gasteiger partial charge in [-0.2, -0.15) is 0 Å². The summed E-state index contributed by atoms with van der Waals surface area (Å²) in [5.41, 5.74) is 0. The van der Waals surface area contributed by atoms with Gasteiger partial charge in [0.1, 0.15) is 0 Å². The van der Waals surface area contributed by atoms with E-state index in [1.807, 2.05) is 4.90 Å². The number of carbonyl (C=O) groups excluding carboxylic acids is 1. The molecule has 2 bridgehead atoms. The maximum absolute atomic E-state index is 10.6. The van der Waals surface area contributed by atoms with Gasteiger partial charge in [0.15, 0.2) is 0 Å². The van der Waals surface area contributed by atoms with E-state index in [9.17, 15) is 4.79 Å². The van der Waals surface area contributed by atoms with Crippen LogP contribution in [0.3, 0.4) is 0 Å². The van der Waals surface area contributed by atoms with Crippen molar-refractivity contribution in [1.82, 2.24) is 4.90 Å². The summed E-state index contributed by atoms with van der Waals surface area (Å²) in [4.78, 5) is 14.4. The van der Waals surface area contributed by atoms with Crippen LogP contribution in [0.15, 0.2) is 0 Å². The molecule has 3 heteroatoms. The van der Waals surface area contributed by atoms with Crippen molar-refractivity contribution in [3.8, 4) is 0 Å². The third-order valence-corrected chi connectivity index (χ3v) is 4.85. The summed E-state index contributed by atoms with van der Waals surface area (Å²) in [7, 11) is 0. The van der Waals surface area contributed by atoms with Gasteiger partial charge in [-0.05, 0) is 25.2 Å². The van der Waals surface area contributed by atoms with Crippen molar-refractivity contribution in [3.63, 3.8) is 0 Å². The molecule has 3 nitrogen and oxygen atoms in total. The third kappa shape index (κ3) is 1.67. The molecular formula is C12H21N2O+. The van der Waals surface area contributed by atoms with Gasteiger partial charge in [0.2, 0.25) is 6.41 Å². The Bertz CT molecular complexity index is 248. The lowest BCUT2D eigenvalue weighted by Gasteiger charge is -2.37. The highest BCUT2D eigenvalue weighted by Gasteiger charge is 2.45. The predicted octanol–water partition coefficient (Wildman–Crippen LogP) is -0.468. The summed E-state index contributed by atoms with van der Waals surface area (Å²) in [5, 5.41) is 0. The molecule has 3 fully saturated rings. The second kappa shape index (κ2) is 3.78. The SMILES string of the molecule is O=CN1CC[NH+]([C@H]2C[C@H]3CC[C@@H]2C3)CC1. The number of hydrogen-bond donors (Lipinski definition) is 1. The molecule has 0 aromatic rings. The van der Waals surface area contributed by atoms with E-state index >= 15 is 0 Å². The summed E-state index contributed by atoms with van der Waals surface area (Å²) < 4.78 is 0. The summed E-state index contributed by atoms with van der Waals surface area (Å²) in [6.07, 6.45) is 6.97. The molecule has 1 N–H and O–H groups in total. The van der Waals surface area contributed by atoms with Gasteiger partial charge in [-0.15, -0.1) is 0 Å². The van der Waals surface area contributed by atoms with Gasteiger partial charge in [-0.25, -0.2) is 0 Å². The fraction of sp³-hybridized carbons (Fsp3) is 0.917.